The zero-order valence-electron chi connectivity index (χ0n) is 11.5. The number of allylic oxidation sites excluding steroid dienone is 3. The van der Waals surface area contributed by atoms with Gasteiger partial charge in [-0.3, -0.25) is 0 Å². The summed E-state index contributed by atoms with van der Waals surface area (Å²) in [6.45, 7) is 10.3. The Morgan fingerprint density at radius 2 is 1.88 bits per heavy atom. The Labute approximate surface area is 105 Å². The van der Waals surface area contributed by atoms with Gasteiger partial charge in [0.25, 0.3) is 0 Å². The molecular formula is C15H24O2. The highest BCUT2D eigenvalue weighted by molar-refractivity contribution is 5.19. The molecule has 0 aromatic rings. The van der Waals surface area contributed by atoms with Crippen molar-refractivity contribution in [2.75, 3.05) is 13.2 Å². The minimum atomic E-state index is -0.506. The second kappa shape index (κ2) is 4.58. The molecule has 0 aromatic heterocycles. The van der Waals surface area contributed by atoms with Gasteiger partial charge in [0, 0.05) is 5.92 Å². The molecule has 0 spiro atoms. The maximum atomic E-state index is 5.61. The van der Waals surface area contributed by atoms with E-state index in [9.17, 15) is 0 Å². The van der Waals surface area contributed by atoms with E-state index in [2.05, 4.69) is 39.0 Å². The molecule has 1 aliphatic carbocycles. The monoisotopic (exact) mass is 236 g/mol. The van der Waals surface area contributed by atoms with Crippen LogP contribution in [0.3, 0.4) is 0 Å². The summed E-state index contributed by atoms with van der Waals surface area (Å²) in [5.74, 6) is -0.00533. The lowest BCUT2D eigenvalue weighted by molar-refractivity contribution is -0.100. The van der Waals surface area contributed by atoms with Gasteiger partial charge in [-0.15, -0.1) is 0 Å². The third-order valence-electron chi connectivity index (χ3n) is 4.04. The molecule has 1 aliphatic heterocycles. The Hall–Kier alpha value is -0.600. The van der Waals surface area contributed by atoms with Crippen molar-refractivity contribution in [1.82, 2.24) is 0 Å². The second-order valence-corrected chi connectivity index (χ2v) is 6.03. The summed E-state index contributed by atoms with van der Waals surface area (Å²) in [7, 11) is 0. The third kappa shape index (κ3) is 2.80. The molecule has 1 heterocycles. The average molecular weight is 236 g/mol. The van der Waals surface area contributed by atoms with E-state index in [4.69, 9.17) is 9.47 Å². The molecule has 2 heteroatoms. The Balaban J connectivity index is 2.13. The maximum Gasteiger partial charge on any atom is 0.185 e. The van der Waals surface area contributed by atoms with Crippen LogP contribution in [0.5, 0.6) is 0 Å². The lowest BCUT2D eigenvalue weighted by Gasteiger charge is -2.37. The molecule has 17 heavy (non-hydrogen) atoms. The first-order valence-electron chi connectivity index (χ1n) is 6.57. The van der Waals surface area contributed by atoms with E-state index in [1.165, 1.54) is 18.4 Å². The fraction of sp³-hybridized carbons (Fsp3) is 0.733. The molecule has 0 bridgehead atoms. The summed E-state index contributed by atoms with van der Waals surface area (Å²) in [4.78, 5) is 0. The van der Waals surface area contributed by atoms with Crippen molar-refractivity contribution >= 4 is 0 Å². The standard InChI is InChI=1S/C15H24O2/c1-12-6-5-8-14(2,3)13(12)7-9-15(4)16-10-11-17-15/h6-7,9,13H,5,8,10-11H2,1-4H3/b9-7+. The van der Waals surface area contributed by atoms with Crippen LogP contribution in [0.25, 0.3) is 0 Å². The molecule has 2 rings (SSSR count). The highest BCUT2D eigenvalue weighted by Gasteiger charge is 2.33. The van der Waals surface area contributed by atoms with E-state index in [1.54, 1.807) is 0 Å². The highest BCUT2D eigenvalue weighted by Crippen LogP contribution is 2.42. The summed E-state index contributed by atoms with van der Waals surface area (Å²) in [6.07, 6.45) is 9.18. The molecule has 0 aromatic carbocycles. The smallest absolute Gasteiger partial charge is 0.185 e. The zero-order valence-corrected chi connectivity index (χ0v) is 11.5. The van der Waals surface area contributed by atoms with Crippen LogP contribution in [0.15, 0.2) is 23.8 Å². The topological polar surface area (TPSA) is 18.5 Å². The third-order valence-corrected chi connectivity index (χ3v) is 4.04. The molecule has 1 saturated heterocycles. The van der Waals surface area contributed by atoms with Gasteiger partial charge in [0.05, 0.1) is 13.2 Å². The first-order chi connectivity index (χ1) is 7.93. The van der Waals surface area contributed by atoms with Crippen molar-refractivity contribution in [3.8, 4) is 0 Å². The van der Waals surface area contributed by atoms with Crippen molar-refractivity contribution in [1.29, 1.82) is 0 Å². The molecule has 2 nitrogen and oxygen atoms in total. The zero-order chi connectivity index (χ0) is 12.5. The molecule has 0 radical (unpaired) electrons. The van der Waals surface area contributed by atoms with Crippen molar-refractivity contribution in [2.45, 2.75) is 46.3 Å². The van der Waals surface area contributed by atoms with E-state index < -0.39 is 5.79 Å². The molecular weight excluding hydrogens is 212 g/mol. The first-order valence-corrected chi connectivity index (χ1v) is 6.57. The Kier molecular flexibility index (Phi) is 3.46. The van der Waals surface area contributed by atoms with Crippen LogP contribution in [0, 0.1) is 11.3 Å². The summed E-state index contributed by atoms with van der Waals surface area (Å²) in [5, 5.41) is 0. The fourth-order valence-corrected chi connectivity index (χ4v) is 2.88. The molecule has 0 amide bonds. The Morgan fingerprint density at radius 3 is 2.47 bits per heavy atom. The van der Waals surface area contributed by atoms with E-state index >= 15 is 0 Å². The largest absolute Gasteiger partial charge is 0.344 e. The predicted molar refractivity (Wildman–Crippen MR) is 69.7 cm³/mol. The number of ether oxygens (including phenoxy) is 2. The lowest BCUT2D eigenvalue weighted by atomic mass is 9.68. The number of hydrogen-bond donors (Lipinski definition) is 0. The van der Waals surface area contributed by atoms with Crippen LogP contribution >= 0.6 is 0 Å². The van der Waals surface area contributed by atoms with Crippen LogP contribution in [0.4, 0.5) is 0 Å². The van der Waals surface area contributed by atoms with E-state index in [-0.39, 0.29) is 0 Å². The average Bonchev–Trinajstić information content (AvgIpc) is 2.64. The van der Waals surface area contributed by atoms with Crippen molar-refractivity contribution in [3.05, 3.63) is 23.8 Å². The van der Waals surface area contributed by atoms with Crippen molar-refractivity contribution < 1.29 is 9.47 Å². The van der Waals surface area contributed by atoms with E-state index in [1.807, 2.05) is 6.92 Å². The van der Waals surface area contributed by atoms with Crippen LogP contribution < -0.4 is 0 Å². The van der Waals surface area contributed by atoms with Crippen LogP contribution in [-0.2, 0) is 9.47 Å². The molecule has 1 unspecified atom stereocenters. The Bertz CT molecular complexity index is 333. The number of rotatable bonds is 2. The SMILES string of the molecule is CC1=CCCC(C)(C)C1/C=C/C1(C)OCCO1. The van der Waals surface area contributed by atoms with Crippen LogP contribution in [0.2, 0.25) is 0 Å². The summed E-state index contributed by atoms with van der Waals surface area (Å²) < 4.78 is 11.2. The fourth-order valence-electron chi connectivity index (χ4n) is 2.88. The molecule has 96 valence electrons. The molecule has 2 aliphatic rings. The minimum absolute atomic E-state index is 0.338. The lowest BCUT2D eigenvalue weighted by Crippen LogP contribution is -2.28. The minimum Gasteiger partial charge on any atom is -0.344 e. The second-order valence-electron chi connectivity index (χ2n) is 6.03. The van der Waals surface area contributed by atoms with Gasteiger partial charge >= 0.3 is 0 Å². The van der Waals surface area contributed by atoms with Crippen molar-refractivity contribution in [3.63, 3.8) is 0 Å². The van der Waals surface area contributed by atoms with Crippen molar-refractivity contribution in [2.24, 2.45) is 11.3 Å². The molecule has 0 saturated carbocycles. The number of hydrogen-bond acceptors (Lipinski definition) is 2. The maximum absolute atomic E-state index is 5.61. The van der Waals surface area contributed by atoms with Gasteiger partial charge in [0.2, 0.25) is 0 Å². The van der Waals surface area contributed by atoms with Gasteiger partial charge in [0.1, 0.15) is 0 Å². The molecule has 1 fully saturated rings. The molecule has 1 atom stereocenters. The van der Waals surface area contributed by atoms with Gasteiger partial charge in [-0.2, -0.15) is 0 Å². The van der Waals surface area contributed by atoms with Gasteiger partial charge in [-0.25, -0.2) is 0 Å². The molecule has 0 N–H and O–H groups in total. The predicted octanol–water partition coefficient (Wildman–Crippen LogP) is 3.69. The van der Waals surface area contributed by atoms with Gasteiger partial charge in [-0.1, -0.05) is 31.6 Å². The summed E-state index contributed by atoms with van der Waals surface area (Å²) in [5.41, 5.74) is 1.81. The first kappa shape index (κ1) is 12.8. The van der Waals surface area contributed by atoms with Crippen LogP contribution in [-0.4, -0.2) is 19.0 Å². The van der Waals surface area contributed by atoms with Crippen LogP contribution in [0.1, 0.15) is 40.5 Å². The quantitative estimate of drug-likeness (QED) is 0.681. The van der Waals surface area contributed by atoms with Gasteiger partial charge < -0.3 is 9.47 Å². The van der Waals surface area contributed by atoms with E-state index in [0.29, 0.717) is 24.5 Å². The highest BCUT2D eigenvalue weighted by atomic mass is 16.7. The Morgan fingerprint density at radius 1 is 1.24 bits per heavy atom. The summed E-state index contributed by atoms with van der Waals surface area (Å²) >= 11 is 0. The van der Waals surface area contributed by atoms with Gasteiger partial charge in [0.15, 0.2) is 5.79 Å². The van der Waals surface area contributed by atoms with Gasteiger partial charge in [-0.05, 0) is 38.2 Å². The normalized spacial score (nSPS) is 31.8. The summed E-state index contributed by atoms with van der Waals surface area (Å²) in [6, 6.07) is 0. The van der Waals surface area contributed by atoms with E-state index in [0.717, 1.165) is 0 Å².